The summed E-state index contributed by atoms with van der Waals surface area (Å²) in [5.74, 6) is 0. The van der Waals surface area contributed by atoms with Gasteiger partial charge in [0, 0.05) is 48.9 Å². The van der Waals surface area contributed by atoms with Crippen LogP contribution in [-0.2, 0) is 25.3 Å². The van der Waals surface area contributed by atoms with Gasteiger partial charge in [0.05, 0.1) is 0 Å². The molecule has 0 aliphatic heterocycles. The van der Waals surface area contributed by atoms with E-state index in [1.165, 1.54) is 10.8 Å². The molecular weight excluding hydrogens is 680 g/mol. The fourth-order valence-corrected chi connectivity index (χ4v) is 1.37. The third-order valence-electron chi connectivity index (χ3n) is 2.43. The van der Waals surface area contributed by atoms with Crippen molar-refractivity contribution >= 4 is 74.1 Å². The Labute approximate surface area is 250 Å². The van der Waals surface area contributed by atoms with Gasteiger partial charge in [0.1, 0.15) is 0 Å². The van der Waals surface area contributed by atoms with Crippen molar-refractivity contribution in [1.82, 2.24) is 0 Å². The molecule has 0 aliphatic carbocycles. The first-order chi connectivity index (χ1) is 14.8. The Bertz CT molecular complexity index is 607. The van der Waals surface area contributed by atoms with Crippen molar-refractivity contribution in [2.45, 2.75) is 0 Å². The van der Waals surface area contributed by atoms with E-state index in [2.05, 4.69) is 49.5 Å². The summed E-state index contributed by atoms with van der Waals surface area (Å²) in [5, 5.41) is 16.9. The smallest absolute Gasteiger partial charge is 0 e. The van der Waals surface area contributed by atoms with Crippen molar-refractivity contribution < 1.29 is 11.0 Å². The summed E-state index contributed by atoms with van der Waals surface area (Å²) in [6, 6.07) is 50.0. The van der Waals surface area contributed by atoms with Gasteiger partial charge in [-0.25, -0.2) is 10.5 Å². The Morgan fingerprint density at radius 2 is 0.500 bits per heavy atom. The van der Waals surface area contributed by atoms with Gasteiger partial charge in [-0.05, 0) is 24.3 Å². The zero-order valence-electron chi connectivity index (χ0n) is 18.2. The van der Waals surface area contributed by atoms with Crippen LogP contribution in [0, 0.1) is 45.6 Å². The molecule has 10 radical (unpaired) electrons. The van der Waals surface area contributed by atoms with Crippen LogP contribution in [0.25, 0.3) is 0 Å². The topological polar surface area (TPSA) is 111 Å². The van der Waals surface area contributed by atoms with Crippen LogP contribution in [0.4, 0.5) is 0 Å². The number of nitriles is 2. The second-order valence-corrected chi connectivity index (χ2v) is 4.86. The summed E-state index contributed by atoms with van der Waals surface area (Å²) < 4.78 is 0. The Hall–Kier alpha value is -2.14. The van der Waals surface area contributed by atoms with Crippen LogP contribution in [0.2, 0.25) is 0 Å². The maximum Gasteiger partial charge on any atom is 0 e. The van der Waals surface area contributed by atoms with Crippen molar-refractivity contribution in [2.24, 2.45) is 0 Å². The predicted octanol–water partition coefficient (Wildman–Crippen LogP) is 3.56. The van der Waals surface area contributed by atoms with Gasteiger partial charge < -0.3 is 36.2 Å². The fourth-order valence-electron chi connectivity index (χ4n) is 1.37. The third kappa shape index (κ3) is 52.0. The fraction of sp³-hybridized carbons (Fsp3) is 0. The Balaban J connectivity index is -0.0000000690. The van der Waals surface area contributed by atoms with Crippen molar-refractivity contribution in [1.29, 1.82) is 10.5 Å². The molecule has 0 bridgehead atoms. The second kappa shape index (κ2) is 48.3. The number of nitrogens with zero attached hydrogens (tertiary/aromatic N) is 2. The van der Waals surface area contributed by atoms with E-state index in [1.54, 1.807) is 0 Å². The molecule has 4 aromatic rings. The summed E-state index contributed by atoms with van der Waals surface area (Å²) in [4.78, 5) is 0. The van der Waals surface area contributed by atoms with Crippen LogP contribution in [0.5, 0.6) is 0 Å². The molecule has 4 rings (SSSR count). The van der Waals surface area contributed by atoms with Crippen LogP contribution in [0.1, 0.15) is 0 Å². The molecule has 0 saturated carbocycles. The van der Waals surface area contributed by atoms with Crippen LogP contribution in [-0.4, -0.2) is 59.8 Å². The Kier molecular flexibility index (Phi) is 64.5. The molecule has 174 valence electrons. The molecule has 0 amide bonds. The van der Waals surface area contributed by atoms with Crippen LogP contribution in [0.15, 0.2) is 121 Å². The minimum atomic E-state index is 0. The van der Waals surface area contributed by atoms with E-state index in [4.69, 9.17) is 10.5 Å². The molecule has 34 heavy (non-hydrogen) atoms. The van der Waals surface area contributed by atoms with Gasteiger partial charge in [-0.1, -0.05) is 132 Å². The van der Waals surface area contributed by atoms with Gasteiger partial charge in [0.2, 0.25) is 0 Å². The zero-order valence-corrected chi connectivity index (χ0v) is 24.9. The number of thiocyanates is 2. The summed E-state index contributed by atoms with van der Waals surface area (Å²) in [6.07, 6.45) is 0. The van der Waals surface area contributed by atoms with E-state index in [0.29, 0.717) is 0 Å². The molecule has 0 spiro atoms. The maximum atomic E-state index is 7.13. The van der Waals surface area contributed by atoms with E-state index in [0.717, 1.165) is 0 Å². The van der Waals surface area contributed by atoms with E-state index < -0.39 is 0 Å². The first-order valence-electron chi connectivity index (χ1n) is 8.50. The summed E-state index contributed by atoms with van der Waals surface area (Å²) in [7, 11) is 0. The molecule has 0 saturated heterocycles. The second-order valence-electron chi connectivity index (χ2n) is 4.49. The molecule has 0 atom stereocenters. The molecule has 0 aromatic heterocycles. The molecule has 0 heterocycles. The van der Waals surface area contributed by atoms with Gasteiger partial charge in [0.15, 0.2) is 0 Å². The average Bonchev–Trinajstić information content (AvgIpc) is 2.86. The minimum Gasteiger partial charge on any atom is -0.696 e. The first-order valence-corrected chi connectivity index (χ1v) is 9.31. The van der Waals surface area contributed by atoms with Gasteiger partial charge in [0.25, 0.3) is 0 Å². The molecule has 0 aliphatic rings. The molecule has 4 N–H and O–H groups in total. The van der Waals surface area contributed by atoms with Crippen LogP contribution < -0.4 is 0 Å². The van der Waals surface area contributed by atoms with Crippen molar-refractivity contribution in [3.8, 4) is 10.8 Å². The Morgan fingerprint density at radius 3 is 0.529 bits per heavy atom. The molecule has 0 fully saturated rings. The van der Waals surface area contributed by atoms with Gasteiger partial charge >= 0.3 is 0 Å². The van der Waals surface area contributed by atoms with Crippen LogP contribution >= 0.6 is 0 Å². The van der Waals surface area contributed by atoms with Gasteiger partial charge in [-0.3, -0.25) is 0 Å². The third-order valence-corrected chi connectivity index (χ3v) is 2.43. The largest absolute Gasteiger partial charge is 0.696 e. The molecule has 0 unspecified atom stereocenters. The predicted molar refractivity (Wildman–Crippen MR) is 146 cm³/mol. The van der Waals surface area contributed by atoms with Crippen molar-refractivity contribution in [2.75, 3.05) is 0 Å². The van der Waals surface area contributed by atoms with E-state index in [9.17, 15) is 0 Å². The van der Waals surface area contributed by atoms with Crippen molar-refractivity contribution in [3.63, 3.8) is 0 Å². The summed E-state index contributed by atoms with van der Waals surface area (Å²) >= 11 is 7.40. The number of benzene rings is 4. The minimum absolute atomic E-state index is 0. The number of rotatable bonds is 0. The quantitative estimate of drug-likeness (QED) is 0.159. The monoisotopic (exact) mass is 702 g/mol. The van der Waals surface area contributed by atoms with Gasteiger partial charge in [-0.15, -0.1) is 0 Å². The van der Waals surface area contributed by atoms with E-state index in [1.807, 2.05) is 121 Å². The summed E-state index contributed by atoms with van der Waals surface area (Å²) in [6.45, 7) is 0. The molecule has 4 nitrogen and oxygen atoms in total. The van der Waals surface area contributed by atoms with Crippen molar-refractivity contribution in [3.05, 3.63) is 146 Å². The van der Waals surface area contributed by atoms with E-state index in [-0.39, 0.29) is 59.8 Å². The maximum absolute atomic E-state index is 7.13. The zero-order chi connectivity index (χ0) is 22.4. The molecular formula is C26H24N2O2S2Sb2-2. The average molecular weight is 704 g/mol. The number of hydrogen-bond acceptors (Lipinski definition) is 4. The SMILES string of the molecule is N#C[S-].N#C[S-].O.O.[Sb].[Sb].[c]1ccccc1.[c]1ccccc1.[c]1ccccc1.[c]1ccccc1. The Morgan fingerprint density at radius 1 is 0.382 bits per heavy atom. The first kappa shape index (κ1) is 45.4. The van der Waals surface area contributed by atoms with E-state index >= 15 is 0 Å². The standard InChI is InChI=1S/4C6H5.2CHNS.2H2O.2Sb/c4*1-2-4-6-5-3-1;2*2-1-3;;;;/h4*1-5H;2*3H;2*1H2;;/p-2. The molecule has 4 aromatic carbocycles. The normalized spacial score (nSPS) is 6.06. The number of hydrogen-bond donors (Lipinski definition) is 0. The molecule has 8 heteroatoms. The van der Waals surface area contributed by atoms with Gasteiger partial charge in [-0.2, -0.15) is 0 Å². The van der Waals surface area contributed by atoms with Crippen LogP contribution in [0.3, 0.4) is 0 Å². The summed E-state index contributed by atoms with van der Waals surface area (Å²) in [5.41, 5.74) is 0.